The monoisotopic (exact) mass is 252 g/mol. The molecule has 0 aromatic carbocycles. The molecular weight excluding hydrogens is 232 g/mol. The number of carboxylic acid groups (broad SMARTS) is 1. The molecule has 0 radical (unpaired) electrons. The molecule has 5 heteroatoms. The van der Waals surface area contributed by atoms with Gasteiger partial charge in [0.1, 0.15) is 5.56 Å². The van der Waals surface area contributed by atoms with E-state index in [1.54, 1.807) is 11.7 Å². The van der Waals surface area contributed by atoms with E-state index in [9.17, 15) is 4.79 Å². The molecule has 1 aromatic heterocycles. The number of nitrogens with zero attached hydrogens (tertiary/aromatic N) is 2. The minimum atomic E-state index is -0.942. The molecule has 1 heterocycles. The molecule has 1 aliphatic rings. The first kappa shape index (κ1) is 13.1. The number of aromatic nitrogens is 2. The standard InChI is InChI=1S/C13H20N2O3/c1-15-12(11(8-14-15)13(16)17)9-18-10-6-4-2-3-5-7-10/h8,10H,2-7,9H2,1H3,(H,16,17). The number of rotatable bonds is 4. The Morgan fingerprint density at radius 3 is 2.72 bits per heavy atom. The molecule has 1 fully saturated rings. The molecule has 1 aliphatic carbocycles. The highest BCUT2D eigenvalue weighted by Crippen LogP contribution is 2.21. The third kappa shape index (κ3) is 3.10. The molecular formula is C13H20N2O3. The lowest BCUT2D eigenvalue weighted by Gasteiger charge is -2.15. The van der Waals surface area contributed by atoms with Crippen molar-refractivity contribution in [3.8, 4) is 0 Å². The van der Waals surface area contributed by atoms with Gasteiger partial charge >= 0.3 is 5.97 Å². The molecule has 1 aromatic rings. The summed E-state index contributed by atoms with van der Waals surface area (Å²) in [5.74, 6) is -0.942. The lowest BCUT2D eigenvalue weighted by Crippen LogP contribution is -2.14. The molecule has 2 rings (SSSR count). The maximum absolute atomic E-state index is 11.0. The van der Waals surface area contributed by atoms with E-state index in [4.69, 9.17) is 9.84 Å². The summed E-state index contributed by atoms with van der Waals surface area (Å²) < 4.78 is 7.44. The number of aromatic carboxylic acids is 1. The van der Waals surface area contributed by atoms with E-state index < -0.39 is 5.97 Å². The summed E-state index contributed by atoms with van der Waals surface area (Å²) in [5.41, 5.74) is 0.887. The van der Waals surface area contributed by atoms with Crippen LogP contribution in [0.4, 0.5) is 0 Å². The summed E-state index contributed by atoms with van der Waals surface area (Å²) in [6.07, 6.45) is 8.81. The molecule has 0 amide bonds. The Bertz CT molecular complexity index is 406. The van der Waals surface area contributed by atoms with Gasteiger partial charge in [-0.05, 0) is 12.8 Å². The van der Waals surface area contributed by atoms with Crippen molar-refractivity contribution in [2.75, 3.05) is 0 Å². The van der Waals surface area contributed by atoms with E-state index >= 15 is 0 Å². The van der Waals surface area contributed by atoms with Crippen molar-refractivity contribution >= 4 is 5.97 Å². The van der Waals surface area contributed by atoms with E-state index in [0.29, 0.717) is 12.3 Å². The molecule has 0 spiro atoms. The molecule has 0 unspecified atom stereocenters. The van der Waals surface area contributed by atoms with E-state index in [2.05, 4.69) is 5.10 Å². The molecule has 0 aliphatic heterocycles. The van der Waals surface area contributed by atoms with Gasteiger partial charge in [0, 0.05) is 7.05 Å². The third-order valence-corrected chi connectivity index (χ3v) is 3.55. The maximum atomic E-state index is 11.0. The van der Waals surface area contributed by atoms with Gasteiger partial charge in [-0.25, -0.2) is 4.79 Å². The molecule has 1 saturated carbocycles. The second kappa shape index (κ2) is 6.00. The lowest BCUT2D eigenvalue weighted by atomic mass is 10.1. The van der Waals surface area contributed by atoms with Crippen molar-refractivity contribution in [3.05, 3.63) is 17.5 Å². The Hall–Kier alpha value is -1.36. The van der Waals surface area contributed by atoms with Gasteiger partial charge in [-0.3, -0.25) is 4.68 Å². The van der Waals surface area contributed by atoms with Crippen LogP contribution < -0.4 is 0 Å². The predicted octanol–water partition coefficient (Wildman–Crippen LogP) is 2.36. The second-order valence-electron chi connectivity index (χ2n) is 4.86. The van der Waals surface area contributed by atoms with Crippen LogP contribution in [-0.4, -0.2) is 27.0 Å². The molecule has 1 N–H and O–H groups in total. The Labute approximate surface area is 107 Å². The van der Waals surface area contributed by atoms with Crippen LogP contribution in [0, 0.1) is 0 Å². The van der Waals surface area contributed by atoms with Crippen molar-refractivity contribution in [2.45, 2.75) is 51.2 Å². The average Bonchev–Trinajstić information content (AvgIpc) is 2.56. The van der Waals surface area contributed by atoms with Crippen molar-refractivity contribution < 1.29 is 14.6 Å². The zero-order valence-corrected chi connectivity index (χ0v) is 10.8. The summed E-state index contributed by atoms with van der Waals surface area (Å²) in [6.45, 7) is 0.336. The van der Waals surface area contributed by atoms with Crippen molar-refractivity contribution in [3.63, 3.8) is 0 Å². The van der Waals surface area contributed by atoms with Crippen LogP contribution in [0.15, 0.2) is 6.20 Å². The molecule has 0 atom stereocenters. The van der Waals surface area contributed by atoms with Gasteiger partial charge < -0.3 is 9.84 Å². The maximum Gasteiger partial charge on any atom is 0.339 e. The third-order valence-electron chi connectivity index (χ3n) is 3.55. The highest BCUT2D eigenvalue weighted by Gasteiger charge is 2.18. The number of aryl methyl sites for hydroxylation is 1. The van der Waals surface area contributed by atoms with Crippen LogP contribution in [0.5, 0.6) is 0 Å². The van der Waals surface area contributed by atoms with Crippen LogP contribution in [-0.2, 0) is 18.4 Å². The summed E-state index contributed by atoms with van der Waals surface area (Å²) >= 11 is 0. The van der Waals surface area contributed by atoms with E-state index in [1.807, 2.05) is 0 Å². The smallest absolute Gasteiger partial charge is 0.339 e. The van der Waals surface area contributed by atoms with Gasteiger partial charge in [0.15, 0.2) is 0 Å². The lowest BCUT2D eigenvalue weighted by molar-refractivity contribution is 0.0267. The topological polar surface area (TPSA) is 64.4 Å². The van der Waals surface area contributed by atoms with Crippen LogP contribution in [0.2, 0.25) is 0 Å². The largest absolute Gasteiger partial charge is 0.478 e. The molecule has 0 bridgehead atoms. The number of carbonyl (C=O) groups is 1. The first-order valence-electron chi connectivity index (χ1n) is 6.54. The van der Waals surface area contributed by atoms with Crippen molar-refractivity contribution in [2.24, 2.45) is 7.05 Å². The first-order chi connectivity index (χ1) is 8.68. The Morgan fingerprint density at radius 2 is 2.11 bits per heavy atom. The minimum absolute atomic E-state index is 0.242. The summed E-state index contributed by atoms with van der Waals surface area (Å²) in [4.78, 5) is 11.0. The summed E-state index contributed by atoms with van der Waals surface area (Å²) in [7, 11) is 1.75. The highest BCUT2D eigenvalue weighted by molar-refractivity contribution is 5.88. The van der Waals surface area contributed by atoms with Crippen molar-refractivity contribution in [1.82, 2.24) is 9.78 Å². The van der Waals surface area contributed by atoms with Gasteiger partial charge in [0.25, 0.3) is 0 Å². The summed E-state index contributed by atoms with van der Waals surface area (Å²) in [5, 5.41) is 13.0. The Morgan fingerprint density at radius 1 is 1.44 bits per heavy atom. The van der Waals surface area contributed by atoms with E-state index in [0.717, 1.165) is 12.8 Å². The van der Waals surface area contributed by atoms with Crippen LogP contribution >= 0.6 is 0 Å². The minimum Gasteiger partial charge on any atom is -0.478 e. The zero-order valence-electron chi connectivity index (χ0n) is 10.8. The Kier molecular flexibility index (Phi) is 4.36. The van der Waals surface area contributed by atoms with Gasteiger partial charge in [-0.2, -0.15) is 5.10 Å². The van der Waals surface area contributed by atoms with Gasteiger partial charge in [-0.1, -0.05) is 25.7 Å². The van der Waals surface area contributed by atoms with E-state index in [1.165, 1.54) is 31.9 Å². The van der Waals surface area contributed by atoms with Crippen LogP contribution in [0.25, 0.3) is 0 Å². The molecule has 100 valence electrons. The van der Waals surface area contributed by atoms with Crippen molar-refractivity contribution in [1.29, 1.82) is 0 Å². The van der Waals surface area contributed by atoms with Gasteiger partial charge in [-0.15, -0.1) is 0 Å². The quantitative estimate of drug-likeness (QED) is 0.835. The molecule has 0 saturated heterocycles. The fourth-order valence-electron chi connectivity index (χ4n) is 2.42. The fraction of sp³-hybridized carbons (Fsp3) is 0.692. The molecule has 18 heavy (non-hydrogen) atoms. The van der Waals surface area contributed by atoms with Gasteiger partial charge in [0.2, 0.25) is 0 Å². The predicted molar refractivity (Wildman–Crippen MR) is 66.4 cm³/mol. The molecule has 5 nitrogen and oxygen atoms in total. The number of hydrogen-bond donors (Lipinski definition) is 1. The first-order valence-corrected chi connectivity index (χ1v) is 6.54. The van der Waals surface area contributed by atoms with Crippen LogP contribution in [0.1, 0.15) is 54.6 Å². The number of hydrogen-bond acceptors (Lipinski definition) is 3. The highest BCUT2D eigenvalue weighted by atomic mass is 16.5. The zero-order chi connectivity index (χ0) is 13.0. The fourth-order valence-corrected chi connectivity index (χ4v) is 2.42. The number of carboxylic acids is 1. The normalized spacial score (nSPS) is 17.6. The number of ether oxygens (including phenoxy) is 1. The van der Waals surface area contributed by atoms with Gasteiger partial charge in [0.05, 0.1) is 24.6 Å². The summed E-state index contributed by atoms with van der Waals surface area (Å²) in [6, 6.07) is 0. The second-order valence-corrected chi connectivity index (χ2v) is 4.86. The average molecular weight is 252 g/mol. The Balaban J connectivity index is 1.96. The van der Waals surface area contributed by atoms with Crippen LogP contribution in [0.3, 0.4) is 0 Å². The van der Waals surface area contributed by atoms with E-state index in [-0.39, 0.29) is 11.7 Å². The SMILES string of the molecule is Cn1ncc(C(=O)O)c1COC1CCCCCC1.